The molecule has 0 N–H and O–H groups in total. The average Bonchev–Trinajstić information content (AvgIpc) is 1.61. The van der Waals surface area contributed by atoms with Crippen molar-refractivity contribution in [2.75, 3.05) is 13.6 Å². The van der Waals surface area contributed by atoms with Crippen LogP contribution in [0.25, 0.3) is 0 Å². The second-order valence-corrected chi connectivity index (χ2v) is 2.04. The SMILES string of the molecule is CN1CCC1=S. The standard InChI is InChI=1S/C4H7NS/c1-5-3-2-4(5)6/h2-3H2,1H3. The van der Waals surface area contributed by atoms with Gasteiger partial charge in [-0.05, 0) is 0 Å². The van der Waals surface area contributed by atoms with Gasteiger partial charge in [-0.1, -0.05) is 12.2 Å². The highest BCUT2D eigenvalue weighted by Crippen LogP contribution is 2.05. The molecule has 0 atom stereocenters. The molecular weight excluding hydrogens is 94.1 g/mol. The summed E-state index contributed by atoms with van der Waals surface area (Å²) in [6.45, 7) is 1.17. The fraction of sp³-hybridized carbons (Fsp3) is 0.750. The van der Waals surface area contributed by atoms with Crippen molar-refractivity contribution in [3.63, 3.8) is 0 Å². The Balaban J connectivity index is 2.39. The lowest BCUT2D eigenvalue weighted by molar-refractivity contribution is 0.445. The molecule has 0 aromatic rings. The highest BCUT2D eigenvalue weighted by Gasteiger charge is 2.12. The molecule has 0 unspecified atom stereocenters. The summed E-state index contributed by atoms with van der Waals surface area (Å²) in [5.74, 6) is 0. The van der Waals surface area contributed by atoms with Gasteiger partial charge in [-0.25, -0.2) is 0 Å². The Labute approximate surface area is 42.9 Å². The minimum absolute atomic E-state index is 1.11. The van der Waals surface area contributed by atoms with Crippen molar-refractivity contribution >= 4 is 17.2 Å². The first kappa shape index (κ1) is 4.06. The minimum Gasteiger partial charge on any atom is -0.369 e. The largest absolute Gasteiger partial charge is 0.369 e. The van der Waals surface area contributed by atoms with E-state index in [1.807, 2.05) is 7.05 Å². The molecule has 34 valence electrons. The van der Waals surface area contributed by atoms with E-state index in [0.717, 1.165) is 11.4 Å². The minimum atomic E-state index is 1.11. The first-order valence-electron chi connectivity index (χ1n) is 2.04. The zero-order valence-corrected chi connectivity index (χ0v) is 4.59. The van der Waals surface area contributed by atoms with Gasteiger partial charge in [0, 0.05) is 20.0 Å². The van der Waals surface area contributed by atoms with Crippen LogP contribution in [-0.2, 0) is 0 Å². The van der Waals surface area contributed by atoms with E-state index in [1.54, 1.807) is 0 Å². The molecule has 1 aliphatic heterocycles. The summed E-state index contributed by atoms with van der Waals surface area (Å²) in [4.78, 5) is 3.19. The maximum absolute atomic E-state index is 4.83. The molecule has 0 aromatic carbocycles. The molecular formula is C4H7NS. The van der Waals surface area contributed by atoms with Crippen LogP contribution in [0.15, 0.2) is 0 Å². The lowest BCUT2D eigenvalue weighted by atomic mass is 10.2. The van der Waals surface area contributed by atoms with Crippen LogP contribution in [-0.4, -0.2) is 23.5 Å². The zero-order valence-electron chi connectivity index (χ0n) is 3.77. The fourth-order valence-corrected chi connectivity index (χ4v) is 0.609. The average molecular weight is 101 g/mol. The molecule has 2 heteroatoms. The van der Waals surface area contributed by atoms with Crippen LogP contribution in [0.2, 0.25) is 0 Å². The van der Waals surface area contributed by atoms with Crippen LogP contribution in [0.1, 0.15) is 6.42 Å². The molecule has 0 spiro atoms. The Kier molecular flexibility index (Phi) is 0.804. The normalized spacial score (nSPS) is 20.8. The van der Waals surface area contributed by atoms with Gasteiger partial charge in [-0.3, -0.25) is 0 Å². The fourth-order valence-electron chi connectivity index (χ4n) is 0.427. The van der Waals surface area contributed by atoms with E-state index < -0.39 is 0 Å². The number of thiocarbonyl (C=S) groups is 1. The molecule has 0 aromatic heterocycles. The summed E-state index contributed by atoms with van der Waals surface area (Å²) < 4.78 is 0. The number of hydrogen-bond acceptors (Lipinski definition) is 1. The molecule has 1 saturated heterocycles. The maximum Gasteiger partial charge on any atom is 0.0794 e. The predicted octanol–water partition coefficient (Wildman–Crippen LogP) is 0.649. The summed E-state index contributed by atoms with van der Waals surface area (Å²) in [5.41, 5.74) is 0. The summed E-state index contributed by atoms with van der Waals surface area (Å²) >= 11 is 4.83. The van der Waals surface area contributed by atoms with Gasteiger partial charge in [-0.15, -0.1) is 0 Å². The molecule has 0 aliphatic carbocycles. The second-order valence-electron chi connectivity index (χ2n) is 1.57. The van der Waals surface area contributed by atoms with Crippen molar-refractivity contribution in [1.82, 2.24) is 4.90 Å². The third-order valence-electron chi connectivity index (χ3n) is 1.09. The van der Waals surface area contributed by atoms with Crippen LogP contribution < -0.4 is 0 Å². The van der Waals surface area contributed by atoms with Crippen molar-refractivity contribution in [2.24, 2.45) is 0 Å². The van der Waals surface area contributed by atoms with E-state index in [-0.39, 0.29) is 0 Å². The molecule has 1 fully saturated rings. The summed E-state index contributed by atoms with van der Waals surface area (Å²) in [7, 11) is 2.02. The monoisotopic (exact) mass is 101 g/mol. The van der Waals surface area contributed by atoms with Crippen molar-refractivity contribution < 1.29 is 0 Å². The molecule has 1 heterocycles. The molecule has 1 aliphatic rings. The number of nitrogens with zero attached hydrogens (tertiary/aromatic N) is 1. The van der Waals surface area contributed by atoms with Gasteiger partial charge >= 0.3 is 0 Å². The number of rotatable bonds is 0. The quantitative estimate of drug-likeness (QED) is 0.412. The van der Waals surface area contributed by atoms with E-state index in [9.17, 15) is 0 Å². The summed E-state index contributed by atoms with van der Waals surface area (Å²) in [5, 5.41) is 0. The lowest BCUT2D eigenvalue weighted by Gasteiger charge is -2.28. The van der Waals surface area contributed by atoms with Crippen LogP contribution >= 0.6 is 12.2 Å². The summed E-state index contributed by atoms with van der Waals surface area (Å²) in [6, 6.07) is 0. The Morgan fingerprint density at radius 2 is 2.33 bits per heavy atom. The predicted molar refractivity (Wildman–Crippen MR) is 29.8 cm³/mol. The molecule has 0 radical (unpaired) electrons. The molecule has 6 heavy (non-hydrogen) atoms. The van der Waals surface area contributed by atoms with Crippen molar-refractivity contribution in [1.29, 1.82) is 0 Å². The Morgan fingerprint density at radius 1 is 1.83 bits per heavy atom. The third kappa shape index (κ3) is 0.411. The van der Waals surface area contributed by atoms with E-state index in [4.69, 9.17) is 12.2 Å². The smallest absolute Gasteiger partial charge is 0.0794 e. The highest BCUT2D eigenvalue weighted by molar-refractivity contribution is 7.80. The Hall–Kier alpha value is -0.110. The molecule has 0 amide bonds. The summed E-state index contributed by atoms with van der Waals surface area (Å²) in [6.07, 6.45) is 1.13. The molecule has 0 bridgehead atoms. The Bertz CT molecular complexity index is 79.6. The van der Waals surface area contributed by atoms with Gasteiger partial charge in [0.05, 0.1) is 4.99 Å². The third-order valence-corrected chi connectivity index (χ3v) is 1.60. The lowest BCUT2D eigenvalue weighted by Crippen LogP contribution is -2.38. The molecule has 0 saturated carbocycles. The van der Waals surface area contributed by atoms with E-state index >= 15 is 0 Å². The first-order chi connectivity index (χ1) is 2.80. The highest BCUT2D eigenvalue weighted by atomic mass is 32.1. The molecule has 1 rings (SSSR count). The number of likely N-dealkylation sites (tertiary alicyclic amines) is 1. The molecule has 1 nitrogen and oxygen atoms in total. The van der Waals surface area contributed by atoms with Crippen LogP contribution in [0, 0.1) is 0 Å². The topological polar surface area (TPSA) is 3.24 Å². The first-order valence-corrected chi connectivity index (χ1v) is 2.45. The van der Waals surface area contributed by atoms with Crippen LogP contribution in [0.4, 0.5) is 0 Å². The van der Waals surface area contributed by atoms with Gasteiger partial charge < -0.3 is 4.90 Å². The van der Waals surface area contributed by atoms with Crippen molar-refractivity contribution in [2.45, 2.75) is 6.42 Å². The Morgan fingerprint density at radius 3 is 2.33 bits per heavy atom. The van der Waals surface area contributed by atoms with Gasteiger partial charge in [-0.2, -0.15) is 0 Å². The van der Waals surface area contributed by atoms with Crippen LogP contribution in [0.3, 0.4) is 0 Å². The van der Waals surface area contributed by atoms with E-state index in [0.29, 0.717) is 0 Å². The zero-order chi connectivity index (χ0) is 4.57. The van der Waals surface area contributed by atoms with Gasteiger partial charge in [0.1, 0.15) is 0 Å². The van der Waals surface area contributed by atoms with Gasteiger partial charge in [0.25, 0.3) is 0 Å². The van der Waals surface area contributed by atoms with Crippen LogP contribution in [0.5, 0.6) is 0 Å². The second kappa shape index (κ2) is 1.19. The van der Waals surface area contributed by atoms with E-state index in [1.165, 1.54) is 6.54 Å². The van der Waals surface area contributed by atoms with Gasteiger partial charge in [0.2, 0.25) is 0 Å². The van der Waals surface area contributed by atoms with Crippen molar-refractivity contribution in [3.8, 4) is 0 Å². The maximum atomic E-state index is 4.83. The van der Waals surface area contributed by atoms with Crippen molar-refractivity contribution in [3.05, 3.63) is 0 Å². The van der Waals surface area contributed by atoms with E-state index in [2.05, 4.69) is 4.90 Å². The van der Waals surface area contributed by atoms with Gasteiger partial charge in [0.15, 0.2) is 0 Å². The number of hydrogen-bond donors (Lipinski definition) is 0.